The molecule has 0 aliphatic heterocycles. The van der Waals surface area contributed by atoms with Crippen LogP contribution in [0.25, 0.3) is 12.2 Å². The van der Waals surface area contributed by atoms with Gasteiger partial charge in [-0.2, -0.15) is 0 Å². The minimum atomic E-state index is -1.96. The molecule has 1 heterocycles. The number of nitrogens with zero attached hydrogens (tertiary/aromatic N) is 3. The number of aliphatic carboxylic acids is 1. The van der Waals surface area contributed by atoms with Crippen molar-refractivity contribution in [1.82, 2.24) is 15.0 Å². The van der Waals surface area contributed by atoms with Gasteiger partial charge in [-0.1, -0.05) is 81.7 Å². The van der Waals surface area contributed by atoms with E-state index in [1.54, 1.807) is 24.3 Å². The molecule has 0 atom stereocenters. The predicted octanol–water partition coefficient (Wildman–Crippen LogP) is 5.56. The molecule has 0 aliphatic carbocycles. The molecule has 30 heavy (non-hydrogen) atoms. The fourth-order valence-corrected chi connectivity index (χ4v) is 2.56. The number of carboxylic acids is 1. The zero-order chi connectivity index (χ0) is 22.5. The van der Waals surface area contributed by atoms with Crippen molar-refractivity contribution in [3.63, 3.8) is 0 Å². The maximum atomic E-state index is 10.7. The Morgan fingerprint density at radius 1 is 1.00 bits per heavy atom. The third kappa shape index (κ3) is 7.48. The van der Waals surface area contributed by atoms with Gasteiger partial charge >= 0.3 is 5.97 Å². The first-order chi connectivity index (χ1) is 13.9. The van der Waals surface area contributed by atoms with E-state index in [1.807, 2.05) is 0 Å². The highest BCUT2D eigenvalue weighted by atomic mass is 35.6. The summed E-state index contributed by atoms with van der Waals surface area (Å²) in [4.78, 5) is 22.7. The fourth-order valence-electron chi connectivity index (χ4n) is 2.05. The number of halogens is 6. The van der Waals surface area contributed by atoms with Crippen molar-refractivity contribution in [2.45, 2.75) is 14.0 Å². The van der Waals surface area contributed by atoms with Gasteiger partial charge in [-0.05, 0) is 23.8 Å². The molecule has 1 N–H and O–H groups in total. The summed E-state index contributed by atoms with van der Waals surface area (Å²) >= 11 is 35.1. The van der Waals surface area contributed by atoms with Crippen LogP contribution in [0.1, 0.15) is 29.5 Å². The Kier molecular flexibility index (Phi) is 8.68. The van der Waals surface area contributed by atoms with Crippen LogP contribution in [0.5, 0.6) is 11.5 Å². The number of ether oxygens (including phenoxy) is 2. The van der Waals surface area contributed by atoms with E-state index in [-0.39, 0.29) is 30.5 Å². The highest BCUT2D eigenvalue weighted by molar-refractivity contribution is 6.67. The van der Waals surface area contributed by atoms with Gasteiger partial charge in [0.05, 0.1) is 20.1 Å². The third-order valence-corrected chi connectivity index (χ3v) is 4.36. The van der Waals surface area contributed by atoms with Crippen molar-refractivity contribution < 1.29 is 19.4 Å². The molecule has 0 unspecified atom stereocenters. The lowest BCUT2D eigenvalue weighted by molar-refractivity contribution is -0.137. The Labute approximate surface area is 201 Å². The van der Waals surface area contributed by atoms with Crippen molar-refractivity contribution in [3.05, 3.63) is 41.2 Å². The fraction of sp³-hybridized carbons (Fsp3) is 0.294. The molecule has 162 valence electrons. The quantitative estimate of drug-likeness (QED) is 0.464. The minimum Gasteiger partial charge on any atom is -0.493 e. The number of alkyl halides is 6. The van der Waals surface area contributed by atoms with E-state index < -0.39 is 13.6 Å². The SMILES string of the molecule is COc1ccc(C=Cc2nc(C(Cl)(Cl)Cl)nc(C(Cl)(Cl)Cl)n2)cc1OCCC(=O)O. The van der Waals surface area contributed by atoms with Gasteiger partial charge in [-0.15, -0.1) is 0 Å². The van der Waals surface area contributed by atoms with Gasteiger partial charge in [0.25, 0.3) is 0 Å². The number of rotatable bonds is 7. The molecule has 1 aromatic heterocycles. The molecular weight excluding hydrogens is 523 g/mol. The van der Waals surface area contributed by atoms with Gasteiger partial charge < -0.3 is 14.6 Å². The zero-order valence-electron chi connectivity index (χ0n) is 15.1. The van der Waals surface area contributed by atoms with E-state index in [0.29, 0.717) is 17.1 Å². The van der Waals surface area contributed by atoms with Gasteiger partial charge in [-0.25, -0.2) is 15.0 Å². The lowest BCUT2D eigenvalue weighted by atomic mass is 10.2. The maximum absolute atomic E-state index is 10.7. The van der Waals surface area contributed by atoms with Gasteiger partial charge in [0.1, 0.15) is 0 Å². The highest BCUT2D eigenvalue weighted by Crippen LogP contribution is 2.40. The van der Waals surface area contributed by atoms with Crippen molar-refractivity contribution in [2.24, 2.45) is 0 Å². The molecule has 7 nitrogen and oxygen atoms in total. The molecule has 0 aliphatic rings. The van der Waals surface area contributed by atoms with Crippen LogP contribution in [0, 0.1) is 0 Å². The molecule has 0 radical (unpaired) electrons. The van der Waals surface area contributed by atoms with Crippen LogP contribution in [-0.2, 0) is 12.4 Å². The Hall–Kier alpha value is -1.22. The second-order valence-electron chi connectivity index (χ2n) is 5.57. The molecule has 0 fully saturated rings. The van der Waals surface area contributed by atoms with Crippen LogP contribution in [0.15, 0.2) is 18.2 Å². The molecule has 0 amide bonds. The van der Waals surface area contributed by atoms with Crippen molar-refractivity contribution in [1.29, 1.82) is 0 Å². The molecular formula is C17H13Cl6N3O4. The third-order valence-electron chi connectivity index (χ3n) is 3.35. The summed E-state index contributed by atoms with van der Waals surface area (Å²) in [5.74, 6) is -0.520. The first kappa shape index (κ1) is 25.0. The van der Waals surface area contributed by atoms with E-state index in [2.05, 4.69) is 15.0 Å². The van der Waals surface area contributed by atoms with Crippen molar-refractivity contribution >= 4 is 87.7 Å². The first-order valence-corrected chi connectivity index (χ1v) is 10.3. The van der Waals surface area contributed by atoms with E-state index in [4.69, 9.17) is 84.2 Å². The Bertz CT molecular complexity index is 912. The van der Waals surface area contributed by atoms with Crippen LogP contribution < -0.4 is 9.47 Å². The Morgan fingerprint density at radius 2 is 1.60 bits per heavy atom. The number of carboxylic acid groups (broad SMARTS) is 1. The highest BCUT2D eigenvalue weighted by Gasteiger charge is 2.33. The second kappa shape index (κ2) is 10.4. The number of hydrogen-bond acceptors (Lipinski definition) is 6. The lowest BCUT2D eigenvalue weighted by Gasteiger charge is -2.14. The maximum Gasteiger partial charge on any atom is 0.306 e. The molecule has 2 rings (SSSR count). The van der Waals surface area contributed by atoms with Crippen LogP contribution in [0.4, 0.5) is 0 Å². The summed E-state index contributed by atoms with van der Waals surface area (Å²) in [6.45, 7) is -0.0223. The van der Waals surface area contributed by atoms with E-state index in [1.165, 1.54) is 13.2 Å². The predicted molar refractivity (Wildman–Crippen MR) is 118 cm³/mol. The van der Waals surface area contributed by atoms with Gasteiger partial charge in [0.2, 0.25) is 7.59 Å². The molecule has 0 saturated carbocycles. The van der Waals surface area contributed by atoms with Crippen LogP contribution >= 0.6 is 69.6 Å². The largest absolute Gasteiger partial charge is 0.493 e. The van der Waals surface area contributed by atoms with E-state index >= 15 is 0 Å². The summed E-state index contributed by atoms with van der Waals surface area (Å²) in [7, 11) is 1.47. The van der Waals surface area contributed by atoms with E-state index in [0.717, 1.165) is 0 Å². The average Bonchev–Trinajstić information content (AvgIpc) is 2.64. The van der Waals surface area contributed by atoms with Gasteiger partial charge in [-0.3, -0.25) is 4.79 Å². The summed E-state index contributed by atoms with van der Waals surface area (Å²) in [6.07, 6.45) is 2.96. The average molecular weight is 536 g/mol. The number of methoxy groups -OCH3 is 1. The number of aromatic nitrogens is 3. The number of hydrogen-bond donors (Lipinski definition) is 1. The van der Waals surface area contributed by atoms with Crippen LogP contribution in [-0.4, -0.2) is 39.7 Å². The normalized spacial score (nSPS) is 12.2. The van der Waals surface area contributed by atoms with Gasteiger partial charge in [0, 0.05) is 0 Å². The second-order valence-corrected chi connectivity index (χ2v) is 10.1. The standard InChI is InChI=1S/C17H13Cl6N3O4/c1-29-10-4-2-9(8-11(10)30-7-6-13(27)28)3-5-12-24-14(16(18,19)20)26-15(25-12)17(21,22)23/h2-5,8H,6-7H2,1H3,(H,27,28). The molecule has 13 heteroatoms. The molecule has 1 aromatic carbocycles. The molecule has 0 spiro atoms. The number of carbonyl (C=O) groups is 1. The molecule has 0 saturated heterocycles. The smallest absolute Gasteiger partial charge is 0.306 e. The molecule has 2 aromatic rings. The van der Waals surface area contributed by atoms with E-state index in [9.17, 15) is 4.79 Å². The Balaban J connectivity index is 2.35. The first-order valence-electron chi connectivity index (χ1n) is 8.01. The Morgan fingerprint density at radius 3 is 2.10 bits per heavy atom. The van der Waals surface area contributed by atoms with Gasteiger partial charge in [0.15, 0.2) is 29.0 Å². The molecule has 0 bridgehead atoms. The lowest BCUT2D eigenvalue weighted by Crippen LogP contribution is -2.16. The zero-order valence-corrected chi connectivity index (χ0v) is 19.6. The summed E-state index contributed by atoms with van der Waals surface area (Å²) in [5.41, 5.74) is 0.660. The summed E-state index contributed by atoms with van der Waals surface area (Å²) < 4.78 is 6.77. The topological polar surface area (TPSA) is 94.4 Å². The summed E-state index contributed by atoms with van der Waals surface area (Å²) in [6, 6.07) is 5.03. The minimum absolute atomic E-state index is 0.0223. The number of benzene rings is 1. The van der Waals surface area contributed by atoms with Crippen molar-refractivity contribution in [3.8, 4) is 11.5 Å². The summed E-state index contributed by atoms with van der Waals surface area (Å²) in [5, 5.41) is 8.74. The van der Waals surface area contributed by atoms with Crippen molar-refractivity contribution in [2.75, 3.05) is 13.7 Å². The van der Waals surface area contributed by atoms with Crippen LogP contribution in [0.2, 0.25) is 0 Å². The monoisotopic (exact) mass is 533 g/mol. The van der Waals surface area contributed by atoms with Crippen LogP contribution in [0.3, 0.4) is 0 Å².